The van der Waals surface area contributed by atoms with Crippen molar-refractivity contribution in [1.82, 2.24) is 10.3 Å². The summed E-state index contributed by atoms with van der Waals surface area (Å²) in [5.41, 5.74) is 2.36. The van der Waals surface area contributed by atoms with E-state index in [2.05, 4.69) is 32.7 Å². The van der Waals surface area contributed by atoms with Crippen molar-refractivity contribution in [2.24, 2.45) is 0 Å². The summed E-state index contributed by atoms with van der Waals surface area (Å²) in [6.07, 6.45) is 1.69. The molecule has 1 amide bonds. The molecule has 1 aliphatic rings. The van der Waals surface area contributed by atoms with Gasteiger partial charge in [0, 0.05) is 36.9 Å². The van der Waals surface area contributed by atoms with E-state index in [-0.39, 0.29) is 5.91 Å². The van der Waals surface area contributed by atoms with E-state index in [0.717, 1.165) is 25.3 Å². The van der Waals surface area contributed by atoms with Gasteiger partial charge in [0.25, 0.3) is 0 Å². The quantitative estimate of drug-likeness (QED) is 0.902. The number of fused-ring (bicyclic) bond motifs is 1. The molecular weight excluding hydrogens is 272 g/mol. The van der Waals surface area contributed by atoms with Crippen LogP contribution in [0.25, 0.3) is 0 Å². The molecule has 1 aromatic heterocycles. The van der Waals surface area contributed by atoms with Crippen molar-refractivity contribution >= 4 is 28.1 Å². The number of nitrogens with one attached hydrogen (secondary N) is 2. The van der Waals surface area contributed by atoms with Crippen molar-refractivity contribution in [3.63, 3.8) is 0 Å². The molecule has 1 aliphatic heterocycles. The fourth-order valence-electron chi connectivity index (χ4n) is 2.31. The third-order valence-electron chi connectivity index (χ3n) is 3.22. The largest absolute Gasteiger partial charge is 0.361 e. The lowest BCUT2D eigenvalue weighted by atomic mass is 10.1. The van der Waals surface area contributed by atoms with Crippen molar-refractivity contribution in [3.05, 3.63) is 41.4 Å². The average Bonchev–Trinajstić information content (AvgIpc) is 2.87. The highest BCUT2D eigenvalue weighted by molar-refractivity contribution is 7.13. The molecule has 2 N–H and O–H groups in total. The highest BCUT2D eigenvalue weighted by Crippen LogP contribution is 2.22. The summed E-state index contributed by atoms with van der Waals surface area (Å²) in [4.78, 5) is 18.3. The van der Waals surface area contributed by atoms with Gasteiger partial charge in [0.05, 0.1) is 6.54 Å². The Balaban J connectivity index is 1.72. The van der Waals surface area contributed by atoms with Gasteiger partial charge in [-0.2, -0.15) is 0 Å². The van der Waals surface area contributed by atoms with Gasteiger partial charge >= 0.3 is 0 Å². The molecule has 0 aliphatic carbocycles. The van der Waals surface area contributed by atoms with Gasteiger partial charge in [0.2, 0.25) is 5.91 Å². The zero-order chi connectivity index (χ0) is 13.8. The third kappa shape index (κ3) is 2.97. The van der Waals surface area contributed by atoms with Crippen LogP contribution in [-0.2, 0) is 11.3 Å². The van der Waals surface area contributed by atoms with Gasteiger partial charge in [0.15, 0.2) is 5.13 Å². The fraction of sp³-hybridized carbons (Fsp3) is 0.286. The molecule has 0 saturated carbocycles. The second-order valence-corrected chi connectivity index (χ2v) is 5.51. The summed E-state index contributed by atoms with van der Waals surface area (Å²) in [7, 11) is 0. The number of nitrogens with zero attached hydrogens (tertiary/aromatic N) is 2. The first-order valence-corrected chi connectivity index (χ1v) is 7.44. The van der Waals surface area contributed by atoms with Crippen molar-refractivity contribution in [2.75, 3.05) is 29.9 Å². The molecular formula is C14H16N4OS. The number of carbonyl (C=O) groups is 1. The van der Waals surface area contributed by atoms with Crippen LogP contribution in [0.15, 0.2) is 35.8 Å². The molecule has 104 valence electrons. The van der Waals surface area contributed by atoms with E-state index in [1.807, 2.05) is 17.5 Å². The Kier molecular flexibility index (Phi) is 3.94. The van der Waals surface area contributed by atoms with Crippen LogP contribution in [-0.4, -0.2) is 30.5 Å². The maximum absolute atomic E-state index is 12.1. The number of aromatic nitrogens is 1. The van der Waals surface area contributed by atoms with Crippen LogP contribution in [0.4, 0.5) is 10.8 Å². The number of para-hydroxylation sites is 1. The standard InChI is InChI=1S/C14H16N4OS/c19-13(17-14-16-6-8-20-14)10-18-7-5-15-9-11-3-1-2-4-12(11)18/h1-4,6,8,15H,5,7,9-10H2,(H,16,17,19). The lowest BCUT2D eigenvalue weighted by Crippen LogP contribution is -2.36. The Morgan fingerprint density at radius 3 is 3.20 bits per heavy atom. The molecule has 20 heavy (non-hydrogen) atoms. The molecule has 1 aromatic carbocycles. The Morgan fingerprint density at radius 1 is 1.45 bits per heavy atom. The Morgan fingerprint density at radius 2 is 2.35 bits per heavy atom. The third-order valence-corrected chi connectivity index (χ3v) is 3.91. The average molecular weight is 288 g/mol. The van der Waals surface area contributed by atoms with Crippen molar-refractivity contribution in [2.45, 2.75) is 6.54 Å². The van der Waals surface area contributed by atoms with Gasteiger partial charge in [-0.1, -0.05) is 18.2 Å². The van der Waals surface area contributed by atoms with Gasteiger partial charge in [0.1, 0.15) is 0 Å². The number of carbonyl (C=O) groups excluding carboxylic acids is 1. The number of benzene rings is 1. The number of hydrogen-bond donors (Lipinski definition) is 2. The molecule has 2 heterocycles. The first-order chi connectivity index (χ1) is 9.83. The normalized spacial score (nSPS) is 14.5. The zero-order valence-corrected chi connectivity index (χ0v) is 11.8. The molecule has 0 spiro atoms. The second kappa shape index (κ2) is 6.02. The summed E-state index contributed by atoms with van der Waals surface area (Å²) in [6, 6.07) is 8.20. The van der Waals surface area contributed by atoms with E-state index in [0.29, 0.717) is 11.7 Å². The smallest absolute Gasteiger partial charge is 0.245 e. The summed E-state index contributed by atoms with van der Waals surface area (Å²) in [5, 5.41) is 8.69. The second-order valence-electron chi connectivity index (χ2n) is 4.61. The Bertz CT molecular complexity index is 585. The minimum atomic E-state index is -0.0309. The van der Waals surface area contributed by atoms with Gasteiger partial charge < -0.3 is 15.5 Å². The topological polar surface area (TPSA) is 57.3 Å². The maximum Gasteiger partial charge on any atom is 0.245 e. The van der Waals surface area contributed by atoms with E-state index >= 15 is 0 Å². The molecule has 6 heteroatoms. The van der Waals surface area contributed by atoms with Crippen LogP contribution >= 0.6 is 11.3 Å². The molecule has 3 rings (SSSR count). The first-order valence-electron chi connectivity index (χ1n) is 6.56. The number of amides is 1. The summed E-state index contributed by atoms with van der Waals surface area (Å²) in [5.74, 6) is -0.0309. The van der Waals surface area contributed by atoms with E-state index in [1.54, 1.807) is 6.20 Å². The lowest BCUT2D eigenvalue weighted by molar-refractivity contribution is -0.115. The first kappa shape index (κ1) is 13.1. The predicted octanol–water partition coefficient (Wildman–Crippen LogP) is 1.69. The van der Waals surface area contributed by atoms with Crippen molar-refractivity contribution < 1.29 is 4.79 Å². The number of hydrogen-bond acceptors (Lipinski definition) is 5. The molecule has 0 fully saturated rings. The van der Waals surface area contributed by atoms with Crippen molar-refractivity contribution in [3.8, 4) is 0 Å². The Labute approximate surface area is 121 Å². The van der Waals surface area contributed by atoms with Crippen LogP contribution in [0.1, 0.15) is 5.56 Å². The van der Waals surface area contributed by atoms with Gasteiger partial charge in [-0.3, -0.25) is 4.79 Å². The SMILES string of the molecule is O=C(CN1CCNCc2ccccc21)Nc1nccs1. The van der Waals surface area contributed by atoms with Crippen LogP contribution in [0.3, 0.4) is 0 Å². The molecule has 0 radical (unpaired) electrons. The monoisotopic (exact) mass is 288 g/mol. The van der Waals surface area contributed by atoms with Crippen LogP contribution in [0.2, 0.25) is 0 Å². The molecule has 5 nitrogen and oxygen atoms in total. The highest BCUT2D eigenvalue weighted by atomic mass is 32.1. The summed E-state index contributed by atoms with van der Waals surface area (Å²) >= 11 is 1.43. The molecule has 0 atom stereocenters. The molecule has 0 bridgehead atoms. The van der Waals surface area contributed by atoms with Gasteiger partial charge in [-0.05, 0) is 11.6 Å². The summed E-state index contributed by atoms with van der Waals surface area (Å²) < 4.78 is 0. The van der Waals surface area contributed by atoms with Crippen LogP contribution in [0.5, 0.6) is 0 Å². The van der Waals surface area contributed by atoms with Gasteiger partial charge in [-0.15, -0.1) is 11.3 Å². The maximum atomic E-state index is 12.1. The fourth-order valence-corrected chi connectivity index (χ4v) is 2.85. The number of thiazole rings is 1. The Hall–Kier alpha value is -1.92. The lowest BCUT2D eigenvalue weighted by Gasteiger charge is -2.23. The predicted molar refractivity (Wildman–Crippen MR) is 81.1 cm³/mol. The number of anilines is 2. The van der Waals surface area contributed by atoms with Crippen molar-refractivity contribution in [1.29, 1.82) is 0 Å². The zero-order valence-electron chi connectivity index (χ0n) is 11.0. The van der Waals surface area contributed by atoms with E-state index in [9.17, 15) is 4.79 Å². The van der Waals surface area contributed by atoms with E-state index in [4.69, 9.17) is 0 Å². The summed E-state index contributed by atoms with van der Waals surface area (Å²) in [6.45, 7) is 2.89. The van der Waals surface area contributed by atoms with Crippen LogP contribution < -0.4 is 15.5 Å². The molecule has 0 unspecified atom stereocenters. The minimum Gasteiger partial charge on any atom is -0.361 e. The number of rotatable bonds is 3. The minimum absolute atomic E-state index is 0.0309. The van der Waals surface area contributed by atoms with Gasteiger partial charge in [-0.25, -0.2) is 4.98 Å². The van der Waals surface area contributed by atoms with Crippen LogP contribution in [0, 0.1) is 0 Å². The van der Waals surface area contributed by atoms with E-state index < -0.39 is 0 Å². The molecule has 2 aromatic rings. The van der Waals surface area contributed by atoms with E-state index in [1.165, 1.54) is 16.9 Å². The highest BCUT2D eigenvalue weighted by Gasteiger charge is 2.17. The molecule has 0 saturated heterocycles.